The minimum absolute atomic E-state index is 0.00795. The highest BCUT2D eigenvalue weighted by atomic mass is 35.5. The zero-order valence-corrected chi connectivity index (χ0v) is 18.2. The van der Waals surface area contributed by atoms with Gasteiger partial charge in [0.1, 0.15) is 10.8 Å². The Labute approximate surface area is 183 Å². The number of halogens is 1. The van der Waals surface area contributed by atoms with Crippen molar-refractivity contribution in [3.8, 4) is 5.75 Å². The molecule has 0 bridgehead atoms. The topological polar surface area (TPSA) is 90.4 Å². The van der Waals surface area contributed by atoms with Crippen molar-refractivity contribution in [2.24, 2.45) is 0 Å². The molecule has 0 aliphatic carbocycles. The van der Waals surface area contributed by atoms with E-state index in [1.165, 1.54) is 25.8 Å². The maximum atomic E-state index is 12.4. The predicted octanol–water partition coefficient (Wildman–Crippen LogP) is 4.26. The highest BCUT2D eigenvalue weighted by Gasteiger charge is 2.20. The molecule has 0 saturated carbocycles. The van der Waals surface area contributed by atoms with E-state index in [9.17, 15) is 9.59 Å². The SMILES string of the molecule is COc1cc(Cl)c(C)cc1NC(=O)C(C)OC(=O)CSc1cnc2ccccc2n1. The average molecular weight is 446 g/mol. The number of methoxy groups -OCH3 is 1. The van der Waals surface area contributed by atoms with Crippen molar-refractivity contribution in [2.75, 3.05) is 18.2 Å². The van der Waals surface area contributed by atoms with Crippen LogP contribution in [0.2, 0.25) is 5.02 Å². The van der Waals surface area contributed by atoms with E-state index in [1.807, 2.05) is 31.2 Å². The summed E-state index contributed by atoms with van der Waals surface area (Å²) in [6, 6.07) is 10.8. The number of aromatic nitrogens is 2. The molecule has 1 heterocycles. The van der Waals surface area contributed by atoms with E-state index in [1.54, 1.807) is 18.3 Å². The van der Waals surface area contributed by atoms with Crippen molar-refractivity contribution in [2.45, 2.75) is 25.0 Å². The second kappa shape index (κ2) is 9.77. The molecule has 0 spiro atoms. The van der Waals surface area contributed by atoms with Gasteiger partial charge < -0.3 is 14.8 Å². The van der Waals surface area contributed by atoms with Crippen LogP contribution in [0.4, 0.5) is 5.69 Å². The number of para-hydroxylation sites is 2. The number of carbonyl (C=O) groups excluding carboxylic acids is 2. The molecule has 0 fully saturated rings. The number of nitrogens with one attached hydrogen (secondary N) is 1. The first-order valence-electron chi connectivity index (χ1n) is 9.06. The van der Waals surface area contributed by atoms with Crippen molar-refractivity contribution in [1.29, 1.82) is 0 Å². The summed E-state index contributed by atoms with van der Waals surface area (Å²) in [5.74, 6) is -0.577. The highest BCUT2D eigenvalue weighted by molar-refractivity contribution is 7.99. The van der Waals surface area contributed by atoms with Gasteiger partial charge in [-0.05, 0) is 37.6 Å². The van der Waals surface area contributed by atoms with Gasteiger partial charge in [0, 0.05) is 11.1 Å². The van der Waals surface area contributed by atoms with E-state index < -0.39 is 18.0 Å². The van der Waals surface area contributed by atoms with Gasteiger partial charge in [-0.1, -0.05) is 35.5 Å². The maximum absolute atomic E-state index is 12.4. The molecule has 9 heteroatoms. The number of ether oxygens (including phenoxy) is 2. The number of carbonyl (C=O) groups is 2. The molecule has 3 rings (SSSR count). The largest absolute Gasteiger partial charge is 0.495 e. The van der Waals surface area contributed by atoms with Crippen LogP contribution in [-0.2, 0) is 14.3 Å². The lowest BCUT2D eigenvalue weighted by molar-refractivity contribution is -0.150. The van der Waals surface area contributed by atoms with Crippen LogP contribution in [0, 0.1) is 6.92 Å². The molecule has 0 aliphatic rings. The third kappa shape index (κ3) is 5.40. The molecule has 1 aromatic heterocycles. The first kappa shape index (κ1) is 21.9. The monoisotopic (exact) mass is 445 g/mol. The zero-order valence-electron chi connectivity index (χ0n) is 16.6. The number of thioether (sulfide) groups is 1. The Hall–Kier alpha value is -2.84. The van der Waals surface area contributed by atoms with E-state index >= 15 is 0 Å². The first-order chi connectivity index (χ1) is 14.4. The number of anilines is 1. The molecule has 30 heavy (non-hydrogen) atoms. The van der Waals surface area contributed by atoms with Crippen LogP contribution in [0.15, 0.2) is 47.6 Å². The minimum atomic E-state index is -0.985. The summed E-state index contributed by atoms with van der Waals surface area (Å²) >= 11 is 7.27. The smallest absolute Gasteiger partial charge is 0.317 e. The van der Waals surface area contributed by atoms with E-state index in [0.717, 1.165) is 16.6 Å². The fourth-order valence-electron chi connectivity index (χ4n) is 2.59. The van der Waals surface area contributed by atoms with Crippen molar-refractivity contribution in [3.05, 3.63) is 53.2 Å². The number of aryl methyl sites for hydroxylation is 1. The van der Waals surface area contributed by atoms with Crippen LogP contribution in [0.25, 0.3) is 11.0 Å². The Morgan fingerprint density at radius 3 is 2.70 bits per heavy atom. The van der Waals surface area contributed by atoms with Crippen molar-refractivity contribution < 1.29 is 19.1 Å². The predicted molar refractivity (Wildman–Crippen MR) is 117 cm³/mol. The van der Waals surface area contributed by atoms with Gasteiger partial charge in [0.25, 0.3) is 5.91 Å². The molecular formula is C21H20ClN3O4S. The van der Waals surface area contributed by atoms with Crippen LogP contribution in [0.5, 0.6) is 5.75 Å². The molecule has 0 radical (unpaired) electrons. The number of benzene rings is 2. The van der Waals surface area contributed by atoms with E-state index in [0.29, 0.717) is 21.5 Å². The van der Waals surface area contributed by atoms with Gasteiger partial charge in [-0.15, -0.1) is 0 Å². The zero-order chi connectivity index (χ0) is 21.7. The highest BCUT2D eigenvalue weighted by Crippen LogP contribution is 2.31. The molecule has 3 aromatic rings. The molecule has 1 atom stereocenters. The molecule has 1 unspecified atom stereocenters. The molecular weight excluding hydrogens is 426 g/mol. The van der Waals surface area contributed by atoms with Gasteiger partial charge in [0.2, 0.25) is 0 Å². The fourth-order valence-corrected chi connectivity index (χ4v) is 3.37. The van der Waals surface area contributed by atoms with Gasteiger partial charge in [-0.2, -0.15) is 0 Å². The van der Waals surface area contributed by atoms with Gasteiger partial charge in [-0.25, -0.2) is 4.98 Å². The minimum Gasteiger partial charge on any atom is -0.495 e. The summed E-state index contributed by atoms with van der Waals surface area (Å²) in [4.78, 5) is 33.3. The summed E-state index contributed by atoms with van der Waals surface area (Å²) in [6.07, 6.45) is 0.618. The van der Waals surface area contributed by atoms with Crippen molar-refractivity contribution >= 4 is 52.0 Å². The van der Waals surface area contributed by atoms with Crippen LogP contribution >= 0.6 is 23.4 Å². The number of esters is 1. The first-order valence-corrected chi connectivity index (χ1v) is 10.4. The Kier molecular flexibility index (Phi) is 7.12. The molecule has 156 valence electrons. The van der Waals surface area contributed by atoms with Crippen LogP contribution in [0.1, 0.15) is 12.5 Å². The summed E-state index contributed by atoms with van der Waals surface area (Å²) < 4.78 is 10.5. The fraction of sp³-hybridized carbons (Fsp3) is 0.238. The van der Waals surface area contributed by atoms with E-state index in [2.05, 4.69) is 15.3 Å². The third-order valence-corrected chi connectivity index (χ3v) is 5.46. The number of fused-ring (bicyclic) bond motifs is 1. The lowest BCUT2D eigenvalue weighted by atomic mass is 10.2. The second-order valence-electron chi connectivity index (χ2n) is 6.41. The number of nitrogens with zero attached hydrogens (tertiary/aromatic N) is 2. The average Bonchev–Trinajstić information content (AvgIpc) is 2.74. The van der Waals surface area contributed by atoms with Gasteiger partial charge in [0.15, 0.2) is 6.10 Å². The normalized spacial score (nSPS) is 11.7. The van der Waals surface area contributed by atoms with Gasteiger partial charge in [0.05, 0.1) is 35.8 Å². The number of rotatable bonds is 7. The number of amides is 1. The van der Waals surface area contributed by atoms with Crippen molar-refractivity contribution in [1.82, 2.24) is 9.97 Å². The third-order valence-electron chi connectivity index (χ3n) is 4.18. The maximum Gasteiger partial charge on any atom is 0.317 e. The summed E-state index contributed by atoms with van der Waals surface area (Å²) in [5.41, 5.74) is 2.76. The van der Waals surface area contributed by atoms with E-state index in [4.69, 9.17) is 21.1 Å². The quantitative estimate of drug-likeness (QED) is 0.429. The molecule has 7 nitrogen and oxygen atoms in total. The Bertz CT molecular complexity index is 1090. The van der Waals surface area contributed by atoms with Gasteiger partial charge >= 0.3 is 5.97 Å². The lowest BCUT2D eigenvalue weighted by Crippen LogP contribution is -2.30. The molecule has 0 saturated heterocycles. The van der Waals surface area contributed by atoms with Gasteiger partial charge in [-0.3, -0.25) is 14.6 Å². The number of hydrogen-bond donors (Lipinski definition) is 1. The summed E-state index contributed by atoms with van der Waals surface area (Å²) in [5, 5.41) is 3.83. The van der Waals surface area contributed by atoms with Crippen LogP contribution in [0.3, 0.4) is 0 Å². The molecule has 0 aliphatic heterocycles. The summed E-state index contributed by atoms with van der Waals surface area (Å²) in [7, 11) is 1.48. The standard InChI is InChI=1S/C21H20ClN3O4S/c1-12-8-17(18(28-3)9-14(12)22)25-21(27)13(2)29-20(26)11-30-19-10-23-15-6-4-5-7-16(15)24-19/h4-10,13H,11H2,1-3H3,(H,25,27). The molecule has 1 N–H and O–H groups in total. The Balaban J connectivity index is 1.55. The molecule has 2 aromatic carbocycles. The molecule has 1 amide bonds. The Morgan fingerprint density at radius 1 is 1.23 bits per heavy atom. The number of hydrogen-bond acceptors (Lipinski definition) is 7. The van der Waals surface area contributed by atoms with Crippen LogP contribution < -0.4 is 10.1 Å². The second-order valence-corrected chi connectivity index (χ2v) is 7.81. The van der Waals surface area contributed by atoms with Crippen molar-refractivity contribution in [3.63, 3.8) is 0 Å². The summed E-state index contributed by atoms with van der Waals surface area (Å²) in [6.45, 7) is 3.32. The lowest BCUT2D eigenvalue weighted by Gasteiger charge is -2.16. The Morgan fingerprint density at radius 2 is 1.97 bits per heavy atom. The van der Waals surface area contributed by atoms with Crippen LogP contribution in [-0.4, -0.2) is 40.8 Å². The van der Waals surface area contributed by atoms with E-state index in [-0.39, 0.29) is 5.75 Å².